The topological polar surface area (TPSA) is 95.9 Å². The third kappa shape index (κ3) is 5.54. The molecule has 4 atom stereocenters. The number of halogens is 6. The quantitative estimate of drug-likeness (QED) is 0.230. The fourth-order valence-corrected chi connectivity index (χ4v) is 8.24. The van der Waals surface area contributed by atoms with E-state index in [0.29, 0.717) is 55.8 Å². The number of alkyl halides is 4. The minimum absolute atomic E-state index is 0.0212. The second-order valence-corrected chi connectivity index (χ2v) is 13.5. The molecule has 4 aliphatic rings. The second-order valence-electron chi connectivity index (χ2n) is 13.5. The molecule has 3 fully saturated rings. The number of aromatic nitrogens is 3. The van der Waals surface area contributed by atoms with Crippen LogP contribution in [-0.4, -0.2) is 87.9 Å². The molecular weight excluding hydrogens is 654 g/mol. The maximum Gasteiger partial charge on any atom is 0.573 e. The van der Waals surface area contributed by atoms with E-state index in [1.54, 1.807) is 0 Å². The van der Waals surface area contributed by atoms with Crippen LogP contribution in [0.4, 0.5) is 32.2 Å². The Labute approximate surface area is 277 Å². The highest BCUT2D eigenvalue weighted by molar-refractivity contribution is 6.04. The molecule has 4 aliphatic heterocycles. The zero-order chi connectivity index (χ0) is 34.2. The predicted molar refractivity (Wildman–Crippen MR) is 169 cm³/mol. The van der Waals surface area contributed by atoms with E-state index in [-0.39, 0.29) is 41.2 Å². The Morgan fingerprint density at radius 3 is 2.73 bits per heavy atom. The Bertz CT molecular complexity index is 1960. The lowest BCUT2D eigenvalue weighted by Crippen LogP contribution is -2.56. The van der Waals surface area contributed by atoms with Crippen molar-refractivity contribution in [3.8, 4) is 28.8 Å². The molecule has 6 heterocycles. The Morgan fingerprint density at radius 1 is 1.10 bits per heavy atom. The first-order chi connectivity index (χ1) is 23.4. The number of nitrogens with one attached hydrogen (secondary N) is 1. The number of phenols is 1. The second kappa shape index (κ2) is 11.8. The molecule has 0 unspecified atom stereocenters. The standard InChI is InChI=1S/C34H34F6N6O3/c1-2-19-15-46-20(13-41-19)5-7-24-26-29(43-32(44-31(26)46)48-16-33-8-3-9-45(33)14-18(35)12-33)27(37)28(42-24)22-11-21(47)10-17-4-6-23(36)30(25(17)22)49-34(38,39)40/h4,6,10-11,18-20,41,47H,2-3,5,7-9,12-16H2,1H3/t18-,19-,20-,33+/m1/s1. The summed E-state index contributed by atoms with van der Waals surface area (Å²) in [5.74, 6) is -3.47. The van der Waals surface area contributed by atoms with Gasteiger partial charge in [-0.1, -0.05) is 13.0 Å². The van der Waals surface area contributed by atoms with E-state index in [9.17, 15) is 27.1 Å². The summed E-state index contributed by atoms with van der Waals surface area (Å²) < 4.78 is 97.4. The summed E-state index contributed by atoms with van der Waals surface area (Å²) >= 11 is 0. The van der Waals surface area contributed by atoms with Crippen LogP contribution in [0.5, 0.6) is 17.5 Å². The van der Waals surface area contributed by atoms with Crippen molar-refractivity contribution in [3.63, 3.8) is 0 Å². The van der Waals surface area contributed by atoms with Crippen LogP contribution >= 0.6 is 0 Å². The number of benzene rings is 2. The number of pyridine rings is 1. The molecule has 0 aliphatic carbocycles. The number of phenolic OH excluding ortho intramolecular Hbond substituents is 1. The Kier molecular flexibility index (Phi) is 7.70. The van der Waals surface area contributed by atoms with E-state index in [0.717, 1.165) is 44.0 Å². The zero-order valence-corrected chi connectivity index (χ0v) is 26.6. The Morgan fingerprint density at radius 2 is 1.94 bits per heavy atom. The van der Waals surface area contributed by atoms with Gasteiger partial charge in [0.05, 0.1) is 16.6 Å². The van der Waals surface area contributed by atoms with Crippen molar-refractivity contribution in [2.24, 2.45) is 0 Å². The molecule has 0 saturated carbocycles. The molecule has 8 rings (SSSR count). The normalized spacial score (nSPS) is 25.4. The Balaban J connectivity index is 1.33. The molecule has 49 heavy (non-hydrogen) atoms. The van der Waals surface area contributed by atoms with Crippen LogP contribution in [0.3, 0.4) is 0 Å². The number of aryl methyl sites for hydroxylation is 1. The van der Waals surface area contributed by atoms with Gasteiger partial charge in [0.1, 0.15) is 35.6 Å². The maximum atomic E-state index is 17.1. The van der Waals surface area contributed by atoms with Crippen LogP contribution in [0.25, 0.3) is 32.9 Å². The van der Waals surface area contributed by atoms with E-state index in [1.807, 2.05) is 0 Å². The smallest absolute Gasteiger partial charge is 0.508 e. The van der Waals surface area contributed by atoms with Gasteiger partial charge in [0.15, 0.2) is 17.4 Å². The van der Waals surface area contributed by atoms with Crippen LogP contribution in [0, 0.1) is 11.6 Å². The molecule has 2 aromatic heterocycles. The molecule has 260 valence electrons. The van der Waals surface area contributed by atoms with Gasteiger partial charge in [-0.05, 0) is 62.2 Å². The number of piperazine rings is 1. The van der Waals surface area contributed by atoms with Crippen LogP contribution in [0.2, 0.25) is 0 Å². The lowest BCUT2D eigenvalue weighted by molar-refractivity contribution is -0.275. The van der Waals surface area contributed by atoms with Crippen molar-refractivity contribution in [3.05, 3.63) is 41.6 Å². The minimum atomic E-state index is -5.26. The number of hydrogen-bond donors (Lipinski definition) is 2. The summed E-state index contributed by atoms with van der Waals surface area (Å²) in [6.07, 6.45) is -2.52. The van der Waals surface area contributed by atoms with E-state index < -0.39 is 52.3 Å². The fourth-order valence-electron chi connectivity index (χ4n) is 8.24. The average molecular weight is 689 g/mol. The first-order valence-electron chi connectivity index (χ1n) is 16.6. The number of nitrogens with zero attached hydrogens (tertiary/aromatic N) is 5. The van der Waals surface area contributed by atoms with Gasteiger partial charge in [-0.15, -0.1) is 13.2 Å². The number of anilines is 1. The van der Waals surface area contributed by atoms with Gasteiger partial charge in [-0.2, -0.15) is 9.97 Å². The molecule has 9 nitrogen and oxygen atoms in total. The van der Waals surface area contributed by atoms with Gasteiger partial charge in [0.25, 0.3) is 0 Å². The summed E-state index contributed by atoms with van der Waals surface area (Å²) in [5.41, 5.74) is -1.03. The molecule has 4 aromatic rings. The molecule has 0 radical (unpaired) electrons. The molecule has 2 aromatic carbocycles. The summed E-state index contributed by atoms with van der Waals surface area (Å²) in [6.45, 7) is 4.44. The predicted octanol–water partition coefficient (Wildman–Crippen LogP) is 6.19. The van der Waals surface area contributed by atoms with Crippen molar-refractivity contribution < 1.29 is 40.9 Å². The number of hydrogen-bond acceptors (Lipinski definition) is 9. The first-order valence-corrected chi connectivity index (χ1v) is 16.6. The number of ether oxygens (including phenoxy) is 2. The average Bonchev–Trinajstić information content (AvgIpc) is 3.54. The van der Waals surface area contributed by atoms with Crippen molar-refractivity contribution >= 4 is 27.5 Å². The third-order valence-electron chi connectivity index (χ3n) is 10.5. The van der Waals surface area contributed by atoms with Crippen molar-refractivity contribution in [1.29, 1.82) is 0 Å². The van der Waals surface area contributed by atoms with Gasteiger partial charge < -0.3 is 24.8 Å². The van der Waals surface area contributed by atoms with Gasteiger partial charge in [-0.25, -0.2) is 18.2 Å². The van der Waals surface area contributed by atoms with Crippen molar-refractivity contribution in [1.82, 2.24) is 25.2 Å². The zero-order valence-electron chi connectivity index (χ0n) is 26.6. The summed E-state index contributed by atoms with van der Waals surface area (Å²) in [4.78, 5) is 18.2. The summed E-state index contributed by atoms with van der Waals surface area (Å²) in [5, 5.41) is 14.1. The summed E-state index contributed by atoms with van der Waals surface area (Å²) in [6, 6.07) is 4.09. The lowest BCUT2D eigenvalue weighted by Gasteiger charge is -2.40. The number of aromatic hydroxyl groups is 1. The maximum absolute atomic E-state index is 17.1. The first kappa shape index (κ1) is 32.1. The molecule has 0 spiro atoms. The van der Waals surface area contributed by atoms with Gasteiger partial charge in [0, 0.05) is 49.1 Å². The van der Waals surface area contributed by atoms with E-state index in [4.69, 9.17) is 9.72 Å². The SMILES string of the molecule is CC[C@@H]1CN2c3nc(OC[C@@]45CCCN4C[C@H](F)C5)nc4c(F)c(-c5cc(O)cc6ccc(F)c(OC(F)(F)F)c56)nc(c34)CC[C@@H]2CN1. The molecule has 0 amide bonds. The number of rotatable bonds is 6. The molecule has 2 N–H and O–H groups in total. The summed E-state index contributed by atoms with van der Waals surface area (Å²) in [7, 11) is 0. The Hall–Kier alpha value is -4.11. The lowest BCUT2D eigenvalue weighted by atomic mass is 9.95. The van der Waals surface area contributed by atoms with Crippen molar-refractivity contribution in [2.45, 2.75) is 75.6 Å². The van der Waals surface area contributed by atoms with Gasteiger partial charge >= 0.3 is 12.4 Å². The van der Waals surface area contributed by atoms with Crippen LogP contribution in [0.1, 0.15) is 44.7 Å². The highest BCUT2D eigenvalue weighted by atomic mass is 19.4. The third-order valence-corrected chi connectivity index (χ3v) is 10.5. The van der Waals surface area contributed by atoms with Gasteiger partial charge in [-0.3, -0.25) is 4.90 Å². The molecule has 0 bridgehead atoms. The minimum Gasteiger partial charge on any atom is -0.508 e. The largest absolute Gasteiger partial charge is 0.573 e. The highest BCUT2D eigenvalue weighted by Crippen LogP contribution is 2.45. The van der Waals surface area contributed by atoms with Gasteiger partial charge in [0.2, 0.25) is 0 Å². The fraction of sp³-hybridized carbons (Fsp3) is 0.500. The number of fused-ring (bicyclic) bond motifs is 4. The van der Waals surface area contributed by atoms with Crippen LogP contribution in [-0.2, 0) is 6.42 Å². The monoisotopic (exact) mass is 688 g/mol. The molecular formula is C34H34F6N6O3. The van der Waals surface area contributed by atoms with Crippen LogP contribution in [0.15, 0.2) is 24.3 Å². The molecule has 3 saturated heterocycles. The van der Waals surface area contributed by atoms with E-state index >= 15 is 4.39 Å². The van der Waals surface area contributed by atoms with Crippen LogP contribution < -0.4 is 19.7 Å². The van der Waals surface area contributed by atoms with E-state index in [1.165, 1.54) is 6.07 Å². The molecule has 15 heteroatoms. The van der Waals surface area contributed by atoms with Crippen molar-refractivity contribution in [2.75, 3.05) is 37.7 Å². The van der Waals surface area contributed by atoms with E-state index in [2.05, 4.69) is 36.7 Å². The highest BCUT2D eigenvalue weighted by Gasteiger charge is 2.49.